The van der Waals surface area contributed by atoms with Crippen LogP contribution >= 0.6 is 0 Å². The first-order chi connectivity index (χ1) is 12.9. The van der Waals surface area contributed by atoms with Gasteiger partial charge < -0.3 is 14.9 Å². The van der Waals surface area contributed by atoms with Crippen LogP contribution in [0, 0.1) is 6.92 Å². The van der Waals surface area contributed by atoms with E-state index in [1.807, 2.05) is 26.0 Å². The Labute approximate surface area is 152 Å². The van der Waals surface area contributed by atoms with Gasteiger partial charge in [-0.15, -0.1) is 5.10 Å². The van der Waals surface area contributed by atoms with E-state index in [9.17, 15) is 8.78 Å². The lowest BCUT2D eigenvalue weighted by molar-refractivity contribution is -0.0560. The van der Waals surface area contributed by atoms with Gasteiger partial charge in [-0.1, -0.05) is 6.07 Å². The molecule has 0 fully saturated rings. The Kier molecular flexibility index (Phi) is 4.15. The third kappa shape index (κ3) is 3.06. The minimum Gasteiger partial charge on any atom is -0.453 e. The van der Waals surface area contributed by atoms with E-state index in [4.69, 9.17) is 10.2 Å². The summed E-state index contributed by atoms with van der Waals surface area (Å²) in [6, 6.07) is 3.30. The molecule has 0 saturated carbocycles. The number of halogens is 2. The lowest BCUT2D eigenvalue weighted by Gasteiger charge is -2.07. The first kappa shape index (κ1) is 17.2. The van der Waals surface area contributed by atoms with E-state index in [0.717, 1.165) is 16.5 Å². The van der Waals surface area contributed by atoms with Crippen LogP contribution in [0.25, 0.3) is 33.2 Å². The predicted octanol–water partition coefficient (Wildman–Crippen LogP) is 3.76. The van der Waals surface area contributed by atoms with E-state index in [0.29, 0.717) is 27.8 Å². The maximum Gasteiger partial charge on any atom is 0.389 e. The summed E-state index contributed by atoms with van der Waals surface area (Å²) in [6.07, 6.45) is 4.24. The van der Waals surface area contributed by atoms with Crippen LogP contribution in [-0.4, -0.2) is 26.8 Å². The van der Waals surface area contributed by atoms with Crippen molar-refractivity contribution in [2.45, 2.75) is 26.5 Å². The molecular formula is C18H15F2N5O2. The molecule has 3 heterocycles. The highest BCUT2D eigenvalue weighted by molar-refractivity contribution is 6.07. The van der Waals surface area contributed by atoms with Crippen LogP contribution in [0.5, 0.6) is 6.01 Å². The molecule has 138 valence electrons. The van der Waals surface area contributed by atoms with E-state index in [1.54, 1.807) is 0 Å². The standard InChI is InChI=1S/C18H15F2N5O2/c1-8-3-11(9(2)21)15-12(4-8)14-16(26-15)13(7-24-25-14)10-5-22-18(23-6-10)27-17(19)20/h3-7,9,17H,21H2,1-2H3. The number of fused-ring (bicyclic) bond motifs is 3. The van der Waals surface area contributed by atoms with Gasteiger partial charge in [0.2, 0.25) is 0 Å². The average molecular weight is 371 g/mol. The molecule has 0 aliphatic rings. The molecule has 27 heavy (non-hydrogen) atoms. The number of alkyl halides is 2. The molecule has 1 aromatic carbocycles. The van der Waals surface area contributed by atoms with Gasteiger partial charge in [-0.2, -0.15) is 13.9 Å². The Morgan fingerprint density at radius 1 is 1.11 bits per heavy atom. The average Bonchev–Trinajstić information content (AvgIpc) is 2.99. The summed E-state index contributed by atoms with van der Waals surface area (Å²) >= 11 is 0. The third-order valence-corrected chi connectivity index (χ3v) is 4.15. The van der Waals surface area contributed by atoms with Gasteiger partial charge in [-0.25, -0.2) is 9.97 Å². The number of aromatic nitrogens is 4. The van der Waals surface area contributed by atoms with Crippen molar-refractivity contribution in [1.82, 2.24) is 20.2 Å². The van der Waals surface area contributed by atoms with Crippen LogP contribution < -0.4 is 10.5 Å². The van der Waals surface area contributed by atoms with Gasteiger partial charge in [0.15, 0.2) is 5.58 Å². The summed E-state index contributed by atoms with van der Waals surface area (Å²) in [6.45, 7) is 0.862. The summed E-state index contributed by atoms with van der Waals surface area (Å²) in [7, 11) is 0. The van der Waals surface area contributed by atoms with Gasteiger partial charge in [0.05, 0.1) is 11.8 Å². The second-order valence-corrected chi connectivity index (χ2v) is 6.19. The minimum absolute atomic E-state index is 0.224. The van der Waals surface area contributed by atoms with Gasteiger partial charge in [0, 0.05) is 34.9 Å². The first-order valence-corrected chi connectivity index (χ1v) is 8.15. The quantitative estimate of drug-likeness (QED) is 0.583. The largest absolute Gasteiger partial charge is 0.453 e. The zero-order valence-electron chi connectivity index (χ0n) is 14.5. The van der Waals surface area contributed by atoms with Gasteiger partial charge in [-0.05, 0) is 25.5 Å². The van der Waals surface area contributed by atoms with Crippen molar-refractivity contribution in [3.05, 3.63) is 41.9 Å². The first-order valence-electron chi connectivity index (χ1n) is 8.15. The Morgan fingerprint density at radius 2 is 1.85 bits per heavy atom. The van der Waals surface area contributed by atoms with E-state index in [2.05, 4.69) is 24.9 Å². The van der Waals surface area contributed by atoms with E-state index < -0.39 is 12.6 Å². The van der Waals surface area contributed by atoms with E-state index >= 15 is 0 Å². The fourth-order valence-corrected chi connectivity index (χ4v) is 2.99. The smallest absolute Gasteiger partial charge is 0.389 e. The number of benzene rings is 1. The van der Waals surface area contributed by atoms with Crippen LogP contribution in [-0.2, 0) is 0 Å². The molecule has 0 amide bonds. The van der Waals surface area contributed by atoms with Crippen molar-refractivity contribution in [2.75, 3.05) is 0 Å². The van der Waals surface area contributed by atoms with Crippen molar-refractivity contribution in [3.8, 4) is 17.1 Å². The highest BCUT2D eigenvalue weighted by Gasteiger charge is 2.19. The topological polar surface area (TPSA) is 100.0 Å². The van der Waals surface area contributed by atoms with E-state index in [1.165, 1.54) is 18.6 Å². The van der Waals surface area contributed by atoms with Gasteiger partial charge in [0.1, 0.15) is 11.1 Å². The molecule has 1 unspecified atom stereocenters. The molecule has 9 heteroatoms. The summed E-state index contributed by atoms with van der Waals surface area (Å²) < 4.78 is 34.8. The van der Waals surface area contributed by atoms with Crippen molar-refractivity contribution in [3.63, 3.8) is 0 Å². The van der Waals surface area contributed by atoms with Crippen molar-refractivity contribution in [1.29, 1.82) is 0 Å². The lowest BCUT2D eigenvalue weighted by Crippen LogP contribution is -2.05. The number of nitrogens with two attached hydrogens (primary N) is 1. The predicted molar refractivity (Wildman–Crippen MR) is 94.3 cm³/mol. The molecule has 4 aromatic rings. The zero-order valence-corrected chi connectivity index (χ0v) is 14.5. The monoisotopic (exact) mass is 371 g/mol. The Morgan fingerprint density at radius 3 is 2.52 bits per heavy atom. The second kappa shape index (κ2) is 6.51. The molecule has 0 saturated heterocycles. The van der Waals surface area contributed by atoms with Crippen LogP contribution in [0.4, 0.5) is 8.78 Å². The van der Waals surface area contributed by atoms with Crippen LogP contribution in [0.1, 0.15) is 24.1 Å². The molecule has 0 bridgehead atoms. The normalized spacial score (nSPS) is 12.8. The van der Waals surface area contributed by atoms with Crippen LogP contribution in [0.3, 0.4) is 0 Å². The number of aryl methyl sites for hydroxylation is 1. The van der Waals surface area contributed by atoms with E-state index in [-0.39, 0.29) is 6.04 Å². The SMILES string of the molecule is Cc1cc(C(C)N)c2oc3c(-c4cnc(OC(F)F)nc4)cnnc3c2c1. The molecule has 0 radical (unpaired) electrons. The maximum absolute atomic E-state index is 12.3. The van der Waals surface area contributed by atoms with Crippen molar-refractivity contribution in [2.24, 2.45) is 5.73 Å². The molecule has 7 nitrogen and oxygen atoms in total. The highest BCUT2D eigenvalue weighted by atomic mass is 19.3. The zero-order chi connectivity index (χ0) is 19.1. The Bertz CT molecular complexity index is 1130. The van der Waals surface area contributed by atoms with Crippen molar-refractivity contribution < 1.29 is 17.9 Å². The highest BCUT2D eigenvalue weighted by Crippen LogP contribution is 2.36. The van der Waals surface area contributed by atoms with Gasteiger partial charge >= 0.3 is 12.6 Å². The number of hydrogen-bond donors (Lipinski definition) is 1. The molecule has 3 aromatic heterocycles. The molecule has 2 N–H and O–H groups in total. The minimum atomic E-state index is -2.99. The number of hydrogen-bond acceptors (Lipinski definition) is 7. The maximum atomic E-state index is 12.3. The number of nitrogens with zero attached hydrogens (tertiary/aromatic N) is 4. The van der Waals surface area contributed by atoms with Gasteiger partial charge in [0.25, 0.3) is 0 Å². The van der Waals surface area contributed by atoms with Crippen LogP contribution in [0.2, 0.25) is 0 Å². The molecule has 0 aliphatic carbocycles. The molecule has 0 aliphatic heterocycles. The summed E-state index contributed by atoms with van der Waals surface area (Å²) in [5.74, 6) is 0. The molecule has 0 spiro atoms. The molecule has 4 rings (SSSR count). The number of furan rings is 1. The van der Waals surface area contributed by atoms with Gasteiger partial charge in [-0.3, -0.25) is 0 Å². The molecule has 1 atom stereocenters. The third-order valence-electron chi connectivity index (χ3n) is 4.15. The lowest BCUT2D eigenvalue weighted by atomic mass is 10.0. The summed E-state index contributed by atoms with van der Waals surface area (Å²) in [5, 5.41) is 9.05. The molecular weight excluding hydrogens is 356 g/mol. The summed E-state index contributed by atoms with van der Waals surface area (Å²) in [4.78, 5) is 7.59. The van der Waals surface area contributed by atoms with Crippen LogP contribution in [0.15, 0.2) is 35.1 Å². The number of ether oxygens (including phenoxy) is 1. The fourth-order valence-electron chi connectivity index (χ4n) is 2.99. The number of rotatable bonds is 4. The van der Waals surface area contributed by atoms with Crippen molar-refractivity contribution >= 4 is 22.1 Å². The Balaban J connectivity index is 1.91. The Hall–Kier alpha value is -3.20. The summed E-state index contributed by atoms with van der Waals surface area (Å²) in [5.41, 5.74) is 10.8. The second-order valence-electron chi connectivity index (χ2n) is 6.19. The fraction of sp³-hybridized carbons (Fsp3) is 0.222.